The van der Waals surface area contributed by atoms with Crippen molar-refractivity contribution in [3.05, 3.63) is 186 Å². The Morgan fingerprint density at radius 2 is 1.12 bits per heavy atom. The number of benzene rings is 8. The van der Waals surface area contributed by atoms with Gasteiger partial charge in [0.05, 0.1) is 5.54 Å². The van der Waals surface area contributed by atoms with Crippen molar-refractivity contribution in [2.75, 3.05) is 14.6 Å². The summed E-state index contributed by atoms with van der Waals surface area (Å²) in [5.74, 6) is 0. The number of hydrogen-bond donors (Lipinski definition) is 0. The summed E-state index contributed by atoms with van der Waals surface area (Å²) < 4.78 is 7.28. The van der Waals surface area contributed by atoms with Crippen LogP contribution in [0.2, 0.25) is 0 Å². The van der Waals surface area contributed by atoms with Crippen LogP contribution in [-0.4, -0.2) is 12.4 Å². The van der Waals surface area contributed by atoms with Gasteiger partial charge in [0, 0.05) is 67.1 Å². The Hall–Kier alpha value is -6.98. The molecular formula is C72H74BN3O. The van der Waals surface area contributed by atoms with Crippen molar-refractivity contribution in [3.8, 4) is 22.3 Å². The smallest absolute Gasteiger partial charge is 0.333 e. The lowest BCUT2D eigenvalue weighted by Gasteiger charge is -2.53. The number of nitrogens with zero attached hydrogens (tertiary/aromatic N) is 3. The van der Waals surface area contributed by atoms with Gasteiger partial charge in [0.15, 0.2) is 0 Å². The summed E-state index contributed by atoms with van der Waals surface area (Å²) >= 11 is 0. The van der Waals surface area contributed by atoms with Gasteiger partial charge in [0.25, 0.3) is 0 Å². The van der Waals surface area contributed by atoms with Crippen LogP contribution in [0.1, 0.15) is 149 Å². The Balaban J connectivity index is 1.19. The lowest BCUT2D eigenvalue weighted by atomic mass is 9.43. The maximum Gasteiger partial charge on any atom is 0.333 e. The molecule has 1 aromatic heterocycles. The summed E-state index contributed by atoms with van der Waals surface area (Å²) in [6, 6.07) is 60.9. The highest BCUT2D eigenvalue weighted by molar-refractivity contribution is 6.94. The van der Waals surface area contributed by atoms with E-state index in [-0.39, 0.29) is 39.5 Å². The van der Waals surface area contributed by atoms with Crippen molar-refractivity contribution in [1.82, 2.24) is 0 Å². The first-order valence-corrected chi connectivity index (χ1v) is 28.8. The summed E-state index contributed by atoms with van der Waals surface area (Å²) in [4.78, 5) is 8.22. The van der Waals surface area contributed by atoms with Gasteiger partial charge in [0.1, 0.15) is 11.2 Å². The van der Waals surface area contributed by atoms with Crippen LogP contribution in [-0.2, 0) is 27.1 Å². The van der Waals surface area contributed by atoms with Crippen LogP contribution in [0.15, 0.2) is 162 Å². The average Bonchev–Trinajstić information content (AvgIpc) is 3.27. The Labute approximate surface area is 458 Å². The van der Waals surface area contributed by atoms with Gasteiger partial charge in [-0.15, -0.1) is 0 Å². The van der Waals surface area contributed by atoms with Crippen molar-refractivity contribution in [3.63, 3.8) is 0 Å². The molecule has 2 unspecified atom stereocenters. The van der Waals surface area contributed by atoms with E-state index in [4.69, 9.17) is 4.42 Å². The largest absolute Gasteiger partial charge is 0.456 e. The van der Waals surface area contributed by atoms with Gasteiger partial charge in [-0.3, -0.25) is 0 Å². The zero-order valence-electron chi connectivity index (χ0n) is 47.6. The van der Waals surface area contributed by atoms with E-state index in [0.717, 1.165) is 53.9 Å². The highest BCUT2D eigenvalue weighted by atomic mass is 16.3. The van der Waals surface area contributed by atoms with Gasteiger partial charge in [-0.25, -0.2) is 0 Å². The molecule has 8 aromatic carbocycles. The van der Waals surface area contributed by atoms with Crippen LogP contribution < -0.4 is 25.5 Å². The van der Waals surface area contributed by atoms with E-state index in [1.165, 1.54) is 107 Å². The van der Waals surface area contributed by atoms with Crippen molar-refractivity contribution in [1.29, 1.82) is 0 Å². The molecule has 2 aliphatic carbocycles. The van der Waals surface area contributed by atoms with Crippen LogP contribution in [0.4, 0.5) is 39.8 Å². The predicted octanol–water partition coefficient (Wildman–Crippen LogP) is 18.6. The van der Waals surface area contributed by atoms with Crippen molar-refractivity contribution in [2.24, 2.45) is 0 Å². The van der Waals surface area contributed by atoms with Crippen molar-refractivity contribution in [2.45, 2.75) is 154 Å². The van der Waals surface area contributed by atoms with Crippen molar-refractivity contribution < 1.29 is 4.42 Å². The molecule has 1 saturated carbocycles. The molecule has 0 amide bonds. The number of furan rings is 1. The molecule has 9 aromatic rings. The van der Waals surface area contributed by atoms with Gasteiger partial charge < -0.3 is 19.0 Å². The molecule has 1 fully saturated rings. The van der Waals surface area contributed by atoms with Gasteiger partial charge in [-0.05, 0) is 177 Å². The highest BCUT2D eigenvalue weighted by Gasteiger charge is 2.62. The first-order valence-electron chi connectivity index (χ1n) is 28.8. The fourth-order valence-electron chi connectivity index (χ4n) is 15.2. The predicted molar refractivity (Wildman–Crippen MR) is 328 cm³/mol. The maximum atomic E-state index is 7.28. The topological polar surface area (TPSA) is 22.9 Å². The third-order valence-electron chi connectivity index (χ3n) is 19.9. The molecule has 0 N–H and O–H groups in total. The minimum Gasteiger partial charge on any atom is -0.456 e. The Morgan fingerprint density at radius 1 is 0.506 bits per heavy atom. The minimum atomic E-state index is -0.180. The quantitative estimate of drug-likeness (QED) is 0.160. The first-order chi connectivity index (χ1) is 36.7. The van der Waals surface area contributed by atoms with E-state index in [0.29, 0.717) is 0 Å². The fraction of sp³-hybridized carbons (Fsp3) is 0.333. The van der Waals surface area contributed by atoms with Gasteiger partial charge in [-0.2, -0.15) is 0 Å². The number of rotatable bonds is 5. The molecule has 0 bridgehead atoms. The number of anilines is 7. The number of fused-ring (bicyclic) bond motifs is 12. The first kappa shape index (κ1) is 48.4. The molecule has 4 heterocycles. The third kappa shape index (κ3) is 6.90. The van der Waals surface area contributed by atoms with Gasteiger partial charge in [-0.1, -0.05) is 174 Å². The molecule has 0 spiro atoms. The molecule has 0 saturated heterocycles. The van der Waals surface area contributed by atoms with Crippen LogP contribution in [0, 0.1) is 0 Å². The zero-order valence-corrected chi connectivity index (χ0v) is 47.6. The van der Waals surface area contributed by atoms with Crippen LogP contribution in [0.3, 0.4) is 0 Å². The summed E-state index contributed by atoms with van der Waals surface area (Å²) in [6.45, 7) is 29.2. The Bertz CT molecular complexity index is 3850. The van der Waals surface area contributed by atoms with Crippen LogP contribution >= 0.6 is 0 Å². The molecule has 386 valence electrons. The highest BCUT2D eigenvalue weighted by Crippen LogP contribution is 2.64. The molecule has 0 radical (unpaired) electrons. The molecule has 5 aliphatic rings. The molecule has 4 nitrogen and oxygen atoms in total. The van der Waals surface area contributed by atoms with Crippen LogP contribution in [0.5, 0.6) is 0 Å². The minimum absolute atomic E-state index is 0.0168. The fourth-order valence-corrected chi connectivity index (χ4v) is 15.2. The summed E-state index contributed by atoms with van der Waals surface area (Å²) in [5.41, 5.74) is 25.1. The molecule has 77 heavy (non-hydrogen) atoms. The Morgan fingerprint density at radius 3 is 1.77 bits per heavy atom. The number of para-hydroxylation sites is 2. The number of hydrogen-bond acceptors (Lipinski definition) is 4. The molecule has 5 heteroatoms. The lowest BCUT2D eigenvalue weighted by Crippen LogP contribution is -2.64. The standard InChI is InChI=1S/C72H74BN3O/c1-67(2,3)46-30-31-58(51(38-46)45-24-16-13-17-25-45)76-59-32-33-61-64(52-43-54-55(44-62(52)77-61)70(9,10)37-36-69(54,7)8)63(59)53-41-50(74(48-26-18-14-19-27-48)49-28-20-15-21-29-49)42-60-65(53)73(76)57-40-47(68(4,5)6)39-56-66(57)75(60)72(12)35-23-22-34-71(56,72)11/h13-21,24-33,38-44H,22-23,34-37H2,1-12H3. The maximum absolute atomic E-state index is 7.28. The lowest BCUT2D eigenvalue weighted by molar-refractivity contribution is 0.195. The molecule has 3 aliphatic heterocycles. The van der Waals surface area contributed by atoms with Crippen molar-refractivity contribution >= 4 is 79.5 Å². The second kappa shape index (κ2) is 16.3. The normalized spacial score (nSPS) is 20.6. The van der Waals surface area contributed by atoms with Crippen LogP contribution in [0.25, 0.3) is 44.2 Å². The molecule has 14 rings (SSSR count). The van der Waals surface area contributed by atoms with E-state index >= 15 is 0 Å². The second-order valence-electron chi connectivity index (χ2n) is 27.5. The zero-order chi connectivity index (χ0) is 53.3. The van der Waals surface area contributed by atoms with Gasteiger partial charge in [0.2, 0.25) is 0 Å². The molecule has 2 atom stereocenters. The molecular weight excluding hydrogens is 934 g/mol. The monoisotopic (exact) mass is 1010 g/mol. The summed E-state index contributed by atoms with van der Waals surface area (Å²) in [6.07, 6.45) is 7.00. The van der Waals surface area contributed by atoms with E-state index < -0.39 is 0 Å². The summed E-state index contributed by atoms with van der Waals surface area (Å²) in [7, 11) is 0. The van der Waals surface area contributed by atoms with E-state index in [2.05, 4.69) is 255 Å². The average molecular weight is 1010 g/mol. The SMILES string of the molecule is CC(C)(C)c1ccc(N2B3c4cc(C(C)(C)C)cc5c4N(c4cc(N(c6ccccc6)c6ccccc6)cc(c43)-c3c2ccc2oc4cc6c(cc4c32)C(C)(C)CCC6(C)C)C2(C)CCCCC52C)c(-c2ccccc2)c1. The summed E-state index contributed by atoms with van der Waals surface area (Å²) in [5, 5.41) is 2.40. The third-order valence-corrected chi connectivity index (χ3v) is 19.9. The van der Waals surface area contributed by atoms with E-state index in [1.807, 2.05) is 0 Å². The Kier molecular flexibility index (Phi) is 10.2. The second-order valence-corrected chi connectivity index (χ2v) is 27.5. The van der Waals surface area contributed by atoms with E-state index in [9.17, 15) is 0 Å². The van der Waals surface area contributed by atoms with Gasteiger partial charge >= 0.3 is 6.85 Å². The van der Waals surface area contributed by atoms with E-state index in [1.54, 1.807) is 0 Å².